The molecule has 0 amide bonds. The highest BCUT2D eigenvalue weighted by Gasteiger charge is 1.84. The fourth-order valence-electron chi connectivity index (χ4n) is 0.472. The maximum Gasteiger partial charge on any atom is 0.0453 e. The van der Waals surface area contributed by atoms with Crippen LogP contribution in [0, 0.1) is 0 Å². The van der Waals surface area contributed by atoms with Crippen LogP contribution >= 0.6 is 0 Å². The lowest BCUT2D eigenvalue weighted by atomic mass is 10.4. The summed E-state index contributed by atoms with van der Waals surface area (Å²) in [5, 5.41) is 2.92. The van der Waals surface area contributed by atoms with E-state index < -0.39 is 0 Å². The molecule has 0 aliphatic rings. The van der Waals surface area contributed by atoms with Gasteiger partial charge in [0.1, 0.15) is 0 Å². The number of nitrogens with one attached hydrogen (secondary N) is 1. The van der Waals surface area contributed by atoms with Crippen molar-refractivity contribution in [1.82, 2.24) is 5.32 Å². The van der Waals surface area contributed by atoms with Crippen LogP contribution < -0.4 is 5.32 Å². The van der Waals surface area contributed by atoms with Crippen molar-refractivity contribution in [2.24, 2.45) is 4.99 Å². The van der Waals surface area contributed by atoms with Gasteiger partial charge in [-0.05, 0) is 19.3 Å². The minimum Gasteiger partial charge on any atom is -0.364 e. The fourth-order valence-corrected chi connectivity index (χ4v) is 0.472. The maximum absolute atomic E-state index is 3.60. The second-order valence-electron chi connectivity index (χ2n) is 1.54. The summed E-state index contributed by atoms with van der Waals surface area (Å²) >= 11 is 0. The Morgan fingerprint density at radius 2 is 2.09 bits per heavy atom. The summed E-state index contributed by atoms with van der Waals surface area (Å²) in [6.45, 7) is 12.9. The molecule has 0 aromatic carbocycles. The van der Waals surface area contributed by atoms with Crippen LogP contribution in [0.4, 0.5) is 0 Å². The zero-order valence-electron chi connectivity index (χ0n) is 7.72. The van der Waals surface area contributed by atoms with Gasteiger partial charge in [-0.3, -0.25) is 4.99 Å². The van der Waals surface area contributed by atoms with Gasteiger partial charge in [0.25, 0.3) is 0 Å². The minimum absolute atomic E-state index is 0.922. The Kier molecular flexibility index (Phi) is 13.4. The standard InChI is InChI=1S/C7H12N2.C2H6/c1-4-7(6-8-3)9-5-2;1-2/h5-6,9H,2-4H2,1H3;1-2H3/b7-6-;. The van der Waals surface area contributed by atoms with Crippen molar-refractivity contribution in [3.8, 4) is 0 Å². The fraction of sp³-hybridized carbons (Fsp3) is 0.444. The topological polar surface area (TPSA) is 24.4 Å². The zero-order valence-corrected chi connectivity index (χ0v) is 7.72. The van der Waals surface area contributed by atoms with E-state index in [1.54, 1.807) is 12.4 Å². The van der Waals surface area contributed by atoms with Gasteiger partial charge in [-0.25, -0.2) is 0 Å². The average Bonchev–Trinajstić information content (AvgIpc) is 2.08. The van der Waals surface area contributed by atoms with E-state index in [-0.39, 0.29) is 0 Å². The summed E-state index contributed by atoms with van der Waals surface area (Å²) in [6, 6.07) is 0. The molecule has 0 radical (unpaired) electrons. The van der Waals surface area contributed by atoms with Crippen molar-refractivity contribution in [2.45, 2.75) is 27.2 Å². The molecule has 0 aromatic rings. The molecular formula is C9H18N2. The highest BCUT2D eigenvalue weighted by atomic mass is 14.9. The van der Waals surface area contributed by atoms with Crippen LogP contribution in [0.1, 0.15) is 27.2 Å². The monoisotopic (exact) mass is 154 g/mol. The first-order chi connectivity index (χ1) is 5.35. The molecule has 0 aliphatic heterocycles. The third-order valence-corrected chi connectivity index (χ3v) is 0.915. The summed E-state index contributed by atoms with van der Waals surface area (Å²) in [5.74, 6) is 0. The molecule has 1 N–H and O–H groups in total. The first-order valence-corrected chi connectivity index (χ1v) is 3.87. The van der Waals surface area contributed by atoms with Crippen molar-refractivity contribution >= 4 is 6.72 Å². The van der Waals surface area contributed by atoms with Crippen LogP contribution in [0.5, 0.6) is 0 Å². The van der Waals surface area contributed by atoms with E-state index in [1.807, 2.05) is 20.8 Å². The van der Waals surface area contributed by atoms with Gasteiger partial charge in [0.2, 0.25) is 0 Å². The summed E-state index contributed by atoms with van der Waals surface area (Å²) in [5.41, 5.74) is 1.03. The Bertz CT molecular complexity index is 126. The molecule has 2 nitrogen and oxygen atoms in total. The van der Waals surface area contributed by atoms with E-state index in [0.717, 1.165) is 12.1 Å². The van der Waals surface area contributed by atoms with E-state index in [9.17, 15) is 0 Å². The molecule has 0 saturated heterocycles. The van der Waals surface area contributed by atoms with Gasteiger partial charge >= 0.3 is 0 Å². The lowest BCUT2D eigenvalue weighted by Gasteiger charge is -1.99. The zero-order chi connectivity index (χ0) is 9.11. The SMILES string of the molecule is C=CN/C(=C\N=C)CC.CC. The van der Waals surface area contributed by atoms with Gasteiger partial charge in [-0.2, -0.15) is 0 Å². The van der Waals surface area contributed by atoms with Crippen LogP contribution in [0.2, 0.25) is 0 Å². The van der Waals surface area contributed by atoms with Gasteiger partial charge in [0.15, 0.2) is 0 Å². The molecule has 0 spiro atoms. The third kappa shape index (κ3) is 8.95. The van der Waals surface area contributed by atoms with Crippen LogP contribution in [0.15, 0.2) is 29.7 Å². The Balaban J connectivity index is 0. The second-order valence-corrected chi connectivity index (χ2v) is 1.54. The number of aliphatic imine (C=N–C) groups is 1. The number of hydrogen-bond donors (Lipinski definition) is 1. The summed E-state index contributed by atoms with van der Waals surface area (Å²) in [4.78, 5) is 3.60. The maximum atomic E-state index is 3.60. The normalized spacial score (nSPS) is 9.18. The van der Waals surface area contributed by atoms with Gasteiger partial charge in [0, 0.05) is 11.9 Å². The Morgan fingerprint density at radius 3 is 2.36 bits per heavy atom. The number of nitrogens with zero attached hydrogens (tertiary/aromatic N) is 1. The predicted octanol–water partition coefficient (Wildman–Crippen LogP) is 2.70. The summed E-state index contributed by atoms with van der Waals surface area (Å²) in [7, 11) is 0. The smallest absolute Gasteiger partial charge is 0.0453 e. The van der Waals surface area contributed by atoms with Crippen molar-refractivity contribution in [1.29, 1.82) is 0 Å². The largest absolute Gasteiger partial charge is 0.364 e. The van der Waals surface area contributed by atoms with Crippen LogP contribution in [-0.2, 0) is 0 Å². The van der Waals surface area contributed by atoms with Gasteiger partial charge in [0.05, 0.1) is 0 Å². The molecule has 0 saturated carbocycles. The average molecular weight is 154 g/mol. The molecule has 64 valence electrons. The highest BCUT2D eigenvalue weighted by molar-refractivity contribution is 5.26. The number of allylic oxidation sites excluding steroid dienone is 1. The van der Waals surface area contributed by atoms with Gasteiger partial charge in [-0.15, -0.1) is 0 Å². The molecular weight excluding hydrogens is 136 g/mol. The molecule has 11 heavy (non-hydrogen) atoms. The molecule has 0 rings (SSSR count). The van der Waals surface area contributed by atoms with E-state index in [1.165, 1.54) is 0 Å². The third-order valence-electron chi connectivity index (χ3n) is 0.915. The van der Waals surface area contributed by atoms with Crippen LogP contribution in [0.25, 0.3) is 0 Å². The van der Waals surface area contributed by atoms with E-state index >= 15 is 0 Å². The molecule has 0 unspecified atom stereocenters. The van der Waals surface area contributed by atoms with Gasteiger partial charge in [-0.1, -0.05) is 27.4 Å². The Hall–Kier alpha value is -1.05. The molecule has 2 heteroatoms. The van der Waals surface area contributed by atoms with E-state index in [4.69, 9.17) is 0 Å². The first-order valence-electron chi connectivity index (χ1n) is 3.87. The molecule has 0 bridgehead atoms. The number of rotatable bonds is 4. The minimum atomic E-state index is 0.922. The lowest BCUT2D eigenvalue weighted by molar-refractivity contribution is 0.938. The summed E-state index contributed by atoms with van der Waals surface area (Å²) in [6.07, 6.45) is 4.23. The molecule has 0 aromatic heterocycles. The second kappa shape index (κ2) is 11.7. The van der Waals surface area contributed by atoms with Crippen LogP contribution in [0.3, 0.4) is 0 Å². The van der Waals surface area contributed by atoms with E-state index in [0.29, 0.717) is 0 Å². The molecule has 0 aliphatic carbocycles. The predicted molar refractivity (Wildman–Crippen MR) is 52.6 cm³/mol. The van der Waals surface area contributed by atoms with Crippen molar-refractivity contribution in [3.05, 3.63) is 24.7 Å². The molecule has 0 atom stereocenters. The Labute approximate surface area is 69.7 Å². The highest BCUT2D eigenvalue weighted by Crippen LogP contribution is 1.93. The van der Waals surface area contributed by atoms with Crippen molar-refractivity contribution in [2.75, 3.05) is 0 Å². The van der Waals surface area contributed by atoms with Crippen LogP contribution in [-0.4, -0.2) is 6.72 Å². The number of hydrogen-bond acceptors (Lipinski definition) is 2. The van der Waals surface area contributed by atoms with Gasteiger partial charge < -0.3 is 5.32 Å². The Morgan fingerprint density at radius 1 is 1.55 bits per heavy atom. The molecule has 0 fully saturated rings. The van der Waals surface area contributed by atoms with Crippen molar-refractivity contribution in [3.63, 3.8) is 0 Å². The molecule has 0 heterocycles. The summed E-state index contributed by atoms with van der Waals surface area (Å²) < 4.78 is 0. The quantitative estimate of drug-likeness (QED) is 0.618. The first kappa shape index (κ1) is 12.6. The van der Waals surface area contributed by atoms with Crippen molar-refractivity contribution < 1.29 is 0 Å². The lowest BCUT2D eigenvalue weighted by Crippen LogP contribution is -2.01. The van der Waals surface area contributed by atoms with E-state index in [2.05, 4.69) is 23.6 Å².